The van der Waals surface area contributed by atoms with E-state index in [4.69, 9.17) is 33.7 Å². The molecule has 2 fully saturated rings. The number of carbonyl (C=O) groups is 1. The fourth-order valence-corrected chi connectivity index (χ4v) is 12.3. The minimum atomic E-state index is -1.46. The second kappa shape index (κ2) is 28.3. The van der Waals surface area contributed by atoms with Crippen molar-refractivity contribution in [2.75, 3.05) is 33.0 Å². The Morgan fingerprint density at radius 1 is 0.827 bits per heavy atom. The van der Waals surface area contributed by atoms with Gasteiger partial charge in [0, 0.05) is 37.5 Å². The number of aryl methyl sites for hydroxylation is 2. The number of unbranched alkanes of at least 4 members (excludes halogenated alkanes) is 11. The van der Waals surface area contributed by atoms with Crippen molar-refractivity contribution >= 4 is 22.6 Å². The Morgan fingerprint density at radius 3 is 2.31 bits per heavy atom. The van der Waals surface area contributed by atoms with Crippen molar-refractivity contribution in [3.8, 4) is 17.2 Å². The highest BCUT2D eigenvalue weighted by atomic mass is 16.8. The average Bonchev–Trinajstić information content (AvgIpc) is 3.47. The van der Waals surface area contributed by atoms with Gasteiger partial charge in [-0.3, -0.25) is 4.90 Å². The van der Waals surface area contributed by atoms with E-state index in [2.05, 4.69) is 82.0 Å². The molecule has 0 spiro atoms. The van der Waals surface area contributed by atoms with E-state index in [9.17, 15) is 10.2 Å². The van der Waals surface area contributed by atoms with Crippen molar-refractivity contribution < 1.29 is 43.5 Å². The molecule has 75 heavy (non-hydrogen) atoms. The molecule has 4 aromatic rings. The number of rotatable bonds is 29. The number of allylic oxidation sites excluding steroid dienone is 1. The summed E-state index contributed by atoms with van der Waals surface area (Å²) in [4.78, 5) is 23.7. The lowest BCUT2D eigenvalue weighted by molar-refractivity contribution is -0.256. The molecular formula is C64H86N2O9. The van der Waals surface area contributed by atoms with Crippen LogP contribution >= 0.6 is 0 Å². The largest absolute Gasteiger partial charge is 0.459 e. The van der Waals surface area contributed by atoms with Crippen LogP contribution in [0.4, 0.5) is 4.79 Å². The van der Waals surface area contributed by atoms with Gasteiger partial charge in [0.2, 0.25) is 12.1 Å². The molecule has 4 aromatic carbocycles. The molecule has 0 aromatic heterocycles. The summed E-state index contributed by atoms with van der Waals surface area (Å²) in [7, 11) is 0. The first kappa shape index (κ1) is 56.0. The maximum Gasteiger partial charge on any atom is 0.410 e. The molecule has 11 nitrogen and oxygen atoms in total. The molecule has 7 unspecified atom stereocenters. The first-order chi connectivity index (χ1) is 36.8. The second-order valence-electron chi connectivity index (χ2n) is 21.6. The van der Waals surface area contributed by atoms with E-state index in [1.54, 1.807) is 6.08 Å². The molecule has 2 N–H and O–H groups in total. The van der Waals surface area contributed by atoms with Gasteiger partial charge in [-0.05, 0) is 134 Å². The van der Waals surface area contributed by atoms with Crippen LogP contribution < -0.4 is 9.47 Å². The lowest BCUT2D eigenvalue weighted by Gasteiger charge is -2.60. The van der Waals surface area contributed by atoms with E-state index in [-0.39, 0.29) is 50.5 Å². The molecule has 2 aliphatic heterocycles. The number of aliphatic hydroxyl groups excluding tert-OH is 2. The van der Waals surface area contributed by atoms with Gasteiger partial charge in [0.05, 0.1) is 38.0 Å². The predicted molar refractivity (Wildman–Crippen MR) is 298 cm³/mol. The molecule has 7 atom stereocenters. The van der Waals surface area contributed by atoms with Crippen LogP contribution in [-0.2, 0) is 25.6 Å². The van der Waals surface area contributed by atoms with Crippen LogP contribution in [0.25, 0.3) is 10.8 Å². The van der Waals surface area contributed by atoms with Crippen LogP contribution in [0.2, 0.25) is 0 Å². The third kappa shape index (κ3) is 14.1. The Kier molecular flexibility index (Phi) is 21.1. The molecule has 2 aliphatic carbocycles. The molecule has 406 valence electrons. The Balaban J connectivity index is 1.25. The number of fused-ring (bicyclic) bond motifs is 3. The number of nitrogens with zero attached hydrogens (tertiary/aromatic N) is 2. The zero-order chi connectivity index (χ0) is 52.4. The summed E-state index contributed by atoms with van der Waals surface area (Å²) in [5.74, 6) is 0.0516. The molecule has 0 bridgehead atoms. The van der Waals surface area contributed by atoms with E-state index in [0.717, 1.165) is 109 Å². The average molecular weight is 1030 g/mol. The van der Waals surface area contributed by atoms with Crippen molar-refractivity contribution in [3.63, 3.8) is 0 Å². The monoisotopic (exact) mass is 1030 g/mol. The maximum absolute atomic E-state index is 15.4. The molecular weight excluding hydrogens is 941 g/mol. The first-order valence-electron chi connectivity index (χ1n) is 28.8. The van der Waals surface area contributed by atoms with Crippen molar-refractivity contribution in [1.82, 2.24) is 4.90 Å². The number of carbonyl (C=O) groups excluding carboxylic acids is 1. The second-order valence-corrected chi connectivity index (χ2v) is 21.6. The van der Waals surface area contributed by atoms with Gasteiger partial charge in [0.25, 0.3) is 0 Å². The number of ether oxygens (including phenoxy) is 5. The van der Waals surface area contributed by atoms with Crippen LogP contribution in [0, 0.1) is 31.6 Å². The molecule has 8 rings (SSSR count). The SMILES string of the molecule is C=CCOC12Oc3ccc(Oc4ccc(C)c(C)c4)cc3C3C(CCCCO)C(CCCCO)C=C(C(=NOC4CCCCO4)CC1N(Cc1cccc4ccccc14)C(=O)OCCCCCCCCCCCC)C32. The zero-order valence-corrected chi connectivity index (χ0v) is 45.4. The van der Waals surface area contributed by atoms with Gasteiger partial charge in [0.1, 0.15) is 23.3 Å². The highest BCUT2D eigenvalue weighted by Gasteiger charge is 2.66. The van der Waals surface area contributed by atoms with Gasteiger partial charge in [-0.15, -0.1) is 6.58 Å². The number of amides is 1. The summed E-state index contributed by atoms with van der Waals surface area (Å²) in [5, 5.41) is 27.5. The summed E-state index contributed by atoms with van der Waals surface area (Å²) >= 11 is 0. The highest BCUT2D eigenvalue weighted by Crippen LogP contribution is 2.62. The van der Waals surface area contributed by atoms with Gasteiger partial charge in [0.15, 0.2) is 0 Å². The van der Waals surface area contributed by atoms with Crippen LogP contribution in [0.3, 0.4) is 0 Å². The third-order valence-electron chi connectivity index (χ3n) is 16.3. The molecule has 1 saturated heterocycles. The minimum Gasteiger partial charge on any atom is -0.459 e. The normalized spacial score (nSPS) is 23.4. The summed E-state index contributed by atoms with van der Waals surface area (Å²) in [5.41, 5.74) is 6.00. The molecule has 1 saturated carbocycles. The van der Waals surface area contributed by atoms with Crippen LogP contribution in [-0.4, -0.2) is 78.1 Å². The number of oxime groups is 1. The fraction of sp³-hybridized carbons (Fsp3) is 0.562. The van der Waals surface area contributed by atoms with E-state index in [0.29, 0.717) is 37.6 Å². The van der Waals surface area contributed by atoms with Crippen LogP contribution in [0.1, 0.15) is 164 Å². The van der Waals surface area contributed by atoms with Gasteiger partial charge >= 0.3 is 6.09 Å². The standard InChI is InChI=1S/C64H86N2O9/c1-5-7-8-9-10-11-12-13-14-22-40-71-63(69)66(45-50-28-24-27-48-25-15-16-29-53(48)50)59-44-57(65-75-60-31-19-23-39-70-60)55-42-49(26-17-20-36-67)54(30-18-21-37-68)61-56-43-52(73-51-33-32-46(3)47(4)41-51)34-35-58(56)74-64(59,62(55)61)72-38-6-2/h6,15-16,24-25,27-29,32-35,41-43,49,54,59-62,67-68H,2,5,7-14,17-23,26,30-31,36-40,44-45H2,1,3-4H3. The lowest BCUT2D eigenvalue weighted by Crippen LogP contribution is -2.70. The van der Waals surface area contributed by atoms with Crippen molar-refractivity contribution in [2.45, 2.75) is 180 Å². The smallest absolute Gasteiger partial charge is 0.410 e. The molecule has 4 aliphatic rings. The van der Waals surface area contributed by atoms with E-state index >= 15 is 4.79 Å². The number of hydrogen-bond donors (Lipinski definition) is 2. The van der Waals surface area contributed by atoms with Crippen molar-refractivity contribution in [2.24, 2.45) is 22.9 Å². The summed E-state index contributed by atoms with van der Waals surface area (Å²) in [6, 6.07) is 26.1. The van der Waals surface area contributed by atoms with E-state index in [1.807, 2.05) is 35.2 Å². The van der Waals surface area contributed by atoms with Crippen molar-refractivity contribution in [3.05, 3.63) is 125 Å². The third-order valence-corrected chi connectivity index (χ3v) is 16.3. The topological polar surface area (TPSA) is 129 Å². The van der Waals surface area contributed by atoms with Gasteiger partial charge in [-0.1, -0.05) is 143 Å². The minimum absolute atomic E-state index is 0.0487. The molecule has 0 radical (unpaired) electrons. The fourth-order valence-electron chi connectivity index (χ4n) is 12.3. The van der Waals surface area contributed by atoms with Crippen molar-refractivity contribution in [1.29, 1.82) is 0 Å². The van der Waals surface area contributed by atoms with Gasteiger partial charge in [-0.2, -0.15) is 0 Å². The first-order valence-corrected chi connectivity index (χ1v) is 28.8. The Morgan fingerprint density at radius 2 is 1.56 bits per heavy atom. The lowest BCUT2D eigenvalue weighted by atomic mass is 9.55. The summed E-state index contributed by atoms with van der Waals surface area (Å²) < 4.78 is 34.2. The van der Waals surface area contributed by atoms with E-state index in [1.165, 1.54) is 50.5 Å². The maximum atomic E-state index is 15.4. The number of hydrogen-bond acceptors (Lipinski definition) is 10. The molecule has 2 heterocycles. The quantitative estimate of drug-likeness (QED) is 0.0310. The van der Waals surface area contributed by atoms with Crippen LogP contribution in [0.15, 0.2) is 108 Å². The molecule has 1 amide bonds. The zero-order valence-electron chi connectivity index (χ0n) is 45.4. The number of aliphatic hydroxyl groups is 2. The predicted octanol–water partition coefficient (Wildman–Crippen LogP) is 15.0. The number of benzene rings is 4. The summed E-state index contributed by atoms with van der Waals surface area (Å²) in [6.07, 6.45) is 22.6. The van der Waals surface area contributed by atoms with Gasteiger partial charge < -0.3 is 38.7 Å². The summed E-state index contributed by atoms with van der Waals surface area (Å²) in [6.45, 7) is 12.1. The highest BCUT2D eigenvalue weighted by molar-refractivity contribution is 6.03. The van der Waals surface area contributed by atoms with Gasteiger partial charge in [-0.25, -0.2) is 4.79 Å². The Bertz CT molecular complexity index is 2510. The molecule has 11 heteroatoms. The van der Waals surface area contributed by atoms with E-state index < -0.39 is 30.1 Å². The van der Waals surface area contributed by atoms with Crippen LogP contribution in [0.5, 0.6) is 17.2 Å². The Labute approximate surface area is 447 Å². The Hall–Kier alpha value is -5.20.